The van der Waals surface area contributed by atoms with Crippen molar-refractivity contribution in [3.05, 3.63) is 58.1 Å². The molecule has 1 N–H and O–H groups in total. The quantitative estimate of drug-likeness (QED) is 0.839. The highest BCUT2D eigenvalue weighted by Crippen LogP contribution is 2.29. The number of anilines is 2. The average Bonchev–Trinajstić information content (AvgIpc) is 3.29. The Morgan fingerprint density at radius 3 is 2.57 bits per heavy atom. The van der Waals surface area contributed by atoms with Crippen molar-refractivity contribution < 1.29 is 0 Å². The lowest BCUT2D eigenvalue weighted by Gasteiger charge is -2.21. The van der Waals surface area contributed by atoms with Crippen LogP contribution >= 0.6 is 15.9 Å². The first kappa shape index (κ1) is 14.6. The van der Waals surface area contributed by atoms with Crippen LogP contribution in [0, 0.1) is 6.92 Å². The second-order valence-electron chi connectivity index (χ2n) is 5.83. The first-order chi connectivity index (χ1) is 10.1. The molecule has 2 nitrogen and oxygen atoms in total. The lowest BCUT2D eigenvalue weighted by molar-refractivity contribution is 0.686. The van der Waals surface area contributed by atoms with E-state index in [0.29, 0.717) is 0 Å². The molecule has 0 amide bonds. The smallest absolute Gasteiger partial charge is 0.0419 e. The first-order valence-corrected chi connectivity index (χ1v) is 8.25. The van der Waals surface area contributed by atoms with E-state index in [1.54, 1.807) is 0 Å². The Hall–Kier alpha value is -1.32. The van der Waals surface area contributed by atoms with Gasteiger partial charge in [-0.05, 0) is 55.2 Å². The molecule has 0 aromatic heterocycles. The molecule has 3 heteroatoms. The fourth-order valence-electron chi connectivity index (χ4n) is 2.42. The third kappa shape index (κ3) is 3.66. The van der Waals surface area contributed by atoms with Gasteiger partial charge in [0.2, 0.25) is 0 Å². The summed E-state index contributed by atoms with van der Waals surface area (Å²) in [5.74, 6) is 0. The van der Waals surface area contributed by atoms with Crippen LogP contribution in [0.1, 0.15) is 24.0 Å². The lowest BCUT2D eigenvalue weighted by atomic mass is 10.1. The molecule has 0 saturated heterocycles. The predicted molar refractivity (Wildman–Crippen MR) is 93.2 cm³/mol. The zero-order valence-corrected chi connectivity index (χ0v) is 14.2. The van der Waals surface area contributed by atoms with Crippen molar-refractivity contribution in [2.45, 2.75) is 32.4 Å². The SMILES string of the molecule is Cc1cccc(N(C)c2ccc(CNC3CC3)c(Br)c2)c1. The van der Waals surface area contributed by atoms with E-state index in [4.69, 9.17) is 0 Å². The van der Waals surface area contributed by atoms with E-state index in [-0.39, 0.29) is 0 Å². The summed E-state index contributed by atoms with van der Waals surface area (Å²) in [4.78, 5) is 2.22. The second kappa shape index (κ2) is 6.20. The van der Waals surface area contributed by atoms with Crippen molar-refractivity contribution >= 4 is 27.3 Å². The summed E-state index contributed by atoms with van der Waals surface area (Å²) >= 11 is 3.71. The molecule has 110 valence electrons. The number of benzene rings is 2. The van der Waals surface area contributed by atoms with Crippen LogP contribution in [0.15, 0.2) is 46.9 Å². The third-order valence-electron chi connectivity index (χ3n) is 3.97. The Bertz CT molecular complexity index is 635. The maximum Gasteiger partial charge on any atom is 0.0419 e. The summed E-state index contributed by atoms with van der Waals surface area (Å²) in [5.41, 5.74) is 5.01. The van der Waals surface area contributed by atoms with Crippen molar-refractivity contribution in [3.63, 3.8) is 0 Å². The number of nitrogens with zero attached hydrogens (tertiary/aromatic N) is 1. The van der Waals surface area contributed by atoms with E-state index in [9.17, 15) is 0 Å². The molecule has 21 heavy (non-hydrogen) atoms. The minimum atomic E-state index is 0.742. The minimum absolute atomic E-state index is 0.742. The molecule has 2 aromatic carbocycles. The highest BCUT2D eigenvalue weighted by Gasteiger charge is 2.20. The normalized spacial score (nSPS) is 14.2. The Kier molecular flexibility index (Phi) is 4.32. The van der Waals surface area contributed by atoms with Crippen LogP contribution < -0.4 is 10.2 Å². The molecule has 3 rings (SSSR count). The topological polar surface area (TPSA) is 15.3 Å². The van der Waals surface area contributed by atoms with Gasteiger partial charge in [-0.2, -0.15) is 0 Å². The van der Waals surface area contributed by atoms with E-state index in [1.807, 2.05) is 0 Å². The van der Waals surface area contributed by atoms with Crippen LogP contribution in [-0.2, 0) is 6.54 Å². The Morgan fingerprint density at radius 2 is 1.90 bits per heavy atom. The summed E-state index contributed by atoms with van der Waals surface area (Å²) in [6.07, 6.45) is 2.65. The molecular formula is C18H21BrN2. The van der Waals surface area contributed by atoms with Crippen LogP contribution in [0.4, 0.5) is 11.4 Å². The average molecular weight is 345 g/mol. The molecule has 0 radical (unpaired) electrons. The Labute approximate surface area is 135 Å². The highest BCUT2D eigenvalue weighted by atomic mass is 79.9. The maximum atomic E-state index is 3.71. The number of hydrogen-bond acceptors (Lipinski definition) is 2. The van der Waals surface area contributed by atoms with E-state index in [1.165, 1.54) is 39.8 Å². The van der Waals surface area contributed by atoms with E-state index >= 15 is 0 Å². The summed E-state index contributed by atoms with van der Waals surface area (Å²) in [5, 5.41) is 3.56. The summed E-state index contributed by atoms with van der Waals surface area (Å²) in [6, 6.07) is 15.9. The van der Waals surface area contributed by atoms with Crippen molar-refractivity contribution in [2.24, 2.45) is 0 Å². The standard InChI is InChI=1S/C18H21BrN2/c1-13-4-3-5-16(10-13)21(2)17-9-6-14(18(19)11-17)12-20-15-7-8-15/h3-6,9-11,15,20H,7-8,12H2,1-2H3. The van der Waals surface area contributed by atoms with Crippen molar-refractivity contribution in [2.75, 3.05) is 11.9 Å². The van der Waals surface area contributed by atoms with Gasteiger partial charge < -0.3 is 10.2 Å². The van der Waals surface area contributed by atoms with Gasteiger partial charge in [0.05, 0.1) is 0 Å². The van der Waals surface area contributed by atoms with Crippen LogP contribution in [0.3, 0.4) is 0 Å². The van der Waals surface area contributed by atoms with Gasteiger partial charge in [0.15, 0.2) is 0 Å². The van der Waals surface area contributed by atoms with Crippen molar-refractivity contribution in [1.29, 1.82) is 0 Å². The summed E-state index contributed by atoms with van der Waals surface area (Å²) < 4.78 is 1.17. The zero-order chi connectivity index (χ0) is 14.8. The van der Waals surface area contributed by atoms with Crippen LogP contribution in [0.25, 0.3) is 0 Å². The largest absolute Gasteiger partial charge is 0.345 e. The molecule has 1 fully saturated rings. The number of nitrogens with one attached hydrogen (secondary N) is 1. The molecule has 1 aliphatic rings. The van der Waals surface area contributed by atoms with E-state index in [0.717, 1.165) is 12.6 Å². The van der Waals surface area contributed by atoms with Gasteiger partial charge in [-0.1, -0.05) is 34.1 Å². The number of rotatable bonds is 5. The maximum absolute atomic E-state index is 3.71. The molecule has 1 saturated carbocycles. The fourth-order valence-corrected chi connectivity index (χ4v) is 2.92. The molecule has 0 bridgehead atoms. The Morgan fingerprint density at radius 1 is 1.14 bits per heavy atom. The molecule has 0 heterocycles. The number of halogens is 1. The number of hydrogen-bond donors (Lipinski definition) is 1. The van der Waals surface area contributed by atoms with Crippen LogP contribution in [-0.4, -0.2) is 13.1 Å². The Balaban J connectivity index is 1.76. The predicted octanol–water partition coefficient (Wildman–Crippen LogP) is 4.78. The molecule has 0 spiro atoms. The molecule has 0 aliphatic heterocycles. The summed E-state index contributed by atoms with van der Waals surface area (Å²) in [6.45, 7) is 3.07. The molecule has 1 aliphatic carbocycles. The van der Waals surface area contributed by atoms with Gasteiger partial charge in [-0.3, -0.25) is 0 Å². The number of aryl methyl sites for hydroxylation is 1. The van der Waals surface area contributed by atoms with E-state index in [2.05, 4.69) is 82.6 Å². The van der Waals surface area contributed by atoms with Crippen LogP contribution in [0.2, 0.25) is 0 Å². The second-order valence-corrected chi connectivity index (χ2v) is 6.68. The molecule has 2 aromatic rings. The molecule has 0 unspecified atom stereocenters. The van der Waals surface area contributed by atoms with Gasteiger partial charge in [0.25, 0.3) is 0 Å². The molecular weight excluding hydrogens is 324 g/mol. The van der Waals surface area contributed by atoms with E-state index < -0.39 is 0 Å². The lowest BCUT2D eigenvalue weighted by Crippen LogP contribution is -2.16. The summed E-state index contributed by atoms with van der Waals surface area (Å²) in [7, 11) is 2.11. The van der Waals surface area contributed by atoms with Gasteiger partial charge in [-0.15, -0.1) is 0 Å². The van der Waals surface area contributed by atoms with Gasteiger partial charge in [0.1, 0.15) is 0 Å². The zero-order valence-electron chi connectivity index (χ0n) is 12.6. The van der Waals surface area contributed by atoms with Gasteiger partial charge >= 0.3 is 0 Å². The first-order valence-electron chi connectivity index (χ1n) is 7.46. The third-order valence-corrected chi connectivity index (χ3v) is 4.71. The van der Waals surface area contributed by atoms with Gasteiger partial charge in [0, 0.05) is 35.5 Å². The van der Waals surface area contributed by atoms with Gasteiger partial charge in [-0.25, -0.2) is 0 Å². The fraction of sp³-hybridized carbons (Fsp3) is 0.333. The van der Waals surface area contributed by atoms with Crippen molar-refractivity contribution in [3.8, 4) is 0 Å². The minimum Gasteiger partial charge on any atom is -0.345 e. The highest BCUT2D eigenvalue weighted by molar-refractivity contribution is 9.10. The van der Waals surface area contributed by atoms with Crippen LogP contribution in [0.5, 0.6) is 0 Å². The molecule has 0 atom stereocenters. The monoisotopic (exact) mass is 344 g/mol. The van der Waals surface area contributed by atoms with Crippen molar-refractivity contribution in [1.82, 2.24) is 5.32 Å².